The van der Waals surface area contributed by atoms with Crippen molar-refractivity contribution in [1.29, 1.82) is 0 Å². The van der Waals surface area contributed by atoms with Crippen LogP contribution >= 0.6 is 0 Å². The van der Waals surface area contributed by atoms with Crippen LogP contribution < -0.4 is 5.32 Å². The van der Waals surface area contributed by atoms with E-state index >= 15 is 0 Å². The number of phenolic OH excluding ortho intramolecular Hbond substituents is 1. The smallest absolute Gasteiger partial charge is 0.296 e. The van der Waals surface area contributed by atoms with E-state index in [0.717, 1.165) is 5.52 Å². The number of H-pyrrole nitrogens is 1. The van der Waals surface area contributed by atoms with Gasteiger partial charge in [-0.25, -0.2) is 0 Å². The molecule has 0 bridgehead atoms. The molecule has 0 radical (unpaired) electrons. The first-order chi connectivity index (χ1) is 10.1. The number of amides is 1. The second-order valence-electron chi connectivity index (χ2n) is 4.58. The van der Waals surface area contributed by atoms with Crippen molar-refractivity contribution >= 4 is 28.3 Å². The standard InChI is InChI=1S/C16H12N2O3/c19-11-5-3-4-10(8-11)18-16(21)15(20)13-9-17-14-7-2-1-6-12(13)14/h1-9,17,19H,(H,18,21). The molecule has 1 amide bonds. The first kappa shape index (κ1) is 12.9. The highest BCUT2D eigenvalue weighted by Gasteiger charge is 2.19. The number of para-hydroxylation sites is 1. The Labute approximate surface area is 120 Å². The van der Waals surface area contributed by atoms with Crippen molar-refractivity contribution in [3.63, 3.8) is 0 Å². The minimum absolute atomic E-state index is 0.0207. The number of aromatic nitrogens is 1. The van der Waals surface area contributed by atoms with Crippen LogP contribution in [0, 0.1) is 0 Å². The summed E-state index contributed by atoms with van der Waals surface area (Å²) >= 11 is 0. The molecule has 5 nitrogen and oxygen atoms in total. The molecule has 1 heterocycles. The van der Waals surface area contributed by atoms with Crippen LogP contribution in [0.15, 0.2) is 54.7 Å². The Morgan fingerprint density at radius 2 is 1.86 bits per heavy atom. The number of anilines is 1. The van der Waals surface area contributed by atoms with Crippen LogP contribution in [-0.2, 0) is 4.79 Å². The summed E-state index contributed by atoms with van der Waals surface area (Å²) in [5.74, 6) is -1.35. The van der Waals surface area contributed by atoms with Crippen molar-refractivity contribution in [3.05, 3.63) is 60.3 Å². The monoisotopic (exact) mass is 280 g/mol. The molecule has 1 aromatic heterocycles. The van der Waals surface area contributed by atoms with Gasteiger partial charge in [0, 0.05) is 28.9 Å². The predicted molar refractivity (Wildman–Crippen MR) is 79.4 cm³/mol. The van der Waals surface area contributed by atoms with Crippen molar-refractivity contribution < 1.29 is 14.7 Å². The van der Waals surface area contributed by atoms with Crippen LogP contribution in [-0.4, -0.2) is 21.8 Å². The van der Waals surface area contributed by atoms with Gasteiger partial charge >= 0.3 is 0 Å². The lowest BCUT2D eigenvalue weighted by Gasteiger charge is -2.04. The molecule has 0 atom stereocenters. The van der Waals surface area contributed by atoms with Gasteiger partial charge in [0.15, 0.2) is 0 Å². The van der Waals surface area contributed by atoms with Gasteiger partial charge in [0.2, 0.25) is 0 Å². The molecule has 0 spiro atoms. The Morgan fingerprint density at radius 3 is 2.67 bits per heavy atom. The van der Waals surface area contributed by atoms with Crippen LogP contribution in [0.1, 0.15) is 10.4 Å². The van der Waals surface area contributed by atoms with Gasteiger partial charge < -0.3 is 15.4 Å². The highest BCUT2D eigenvalue weighted by Crippen LogP contribution is 2.19. The van der Waals surface area contributed by atoms with Crippen molar-refractivity contribution in [2.45, 2.75) is 0 Å². The molecule has 3 N–H and O–H groups in total. The number of phenols is 1. The maximum atomic E-state index is 12.2. The number of carbonyl (C=O) groups excluding carboxylic acids is 2. The molecule has 21 heavy (non-hydrogen) atoms. The number of fused-ring (bicyclic) bond motifs is 1. The summed E-state index contributed by atoms with van der Waals surface area (Å²) in [6.45, 7) is 0. The van der Waals surface area contributed by atoms with E-state index < -0.39 is 11.7 Å². The Morgan fingerprint density at radius 1 is 1.05 bits per heavy atom. The molecule has 0 unspecified atom stereocenters. The molecule has 0 saturated carbocycles. The molecule has 0 saturated heterocycles. The molecule has 0 fully saturated rings. The molecule has 0 aliphatic carbocycles. The summed E-state index contributed by atoms with van der Waals surface area (Å²) in [6, 6.07) is 13.3. The largest absolute Gasteiger partial charge is 0.508 e. The molecule has 104 valence electrons. The fraction of sp³-hybridized carbons (Fsp3) is 0. The van der Waals surface area contributed by atoms with Crippen molar-refractivity contribution in [2.24, 2.45) is 0 Å². The summed E-state index contributed by atoms with van der Waals surface area (Å²) < 4.78 is 0. The van der Waals surface area contributed by atoms with Crippen LogP contribution in [0.2, 0.25) is 0 Å². The van der Waals surface area contributed by atoms with Crippen LogP contribution in [0.4, 0.5) is 5.69 Å². The lowest BCUT2D eigenvalue weighted by atomic mass is 10.1. The van der Waals surface area contributed by atoms with Gasteiger partial charge in [-0.3, -0.25) is 9.59 Å². The minimum Gasteiger partial charge on any atom is -0.508 e. The maximum Gasteiger partial charge on any atom is 0.296 e. The van der Waals surface area contributed by atoms with Gasteiger partial charge in [-0.05, 0) is 18.2 Å². The van der Waals surface area contributed by atoms with E-state index in [-0.39, 0.29) is 5.75 Å². The van der Waals surface area contributed by atoms with Crippen molar-refractivity contribution in [3.8, 4) is 5.75 Å². The van der Waals surface area contributed by atoms with Gasteiger partial charge in [-0.1, -0.05) is 24.3 Å². The van der Waals surface area contributed by atoms with Crippen molar-refractivity contribution in [1.82, 2.24) is 4.98 Å². The number of aromatic amines is 1. The zero-order chi connectivity index (χ0) is 14.8. The number of ketones is 1. The summed E-state index contributed by atoms with van der Waals surface area (Å²) in [5.41, 5.74) is 1.49. The second kappa shape index (κ2) is 5.13. The number of carbonyl (C=O) groups is 2. The van der Waals surface area contributed by atoms with Crippen LogP contribution in [0.25, 0.3) is 10.9 Å². The highest BCUT2D eigenvalue weighted by molar-refractivity contribution is 6.48. The van der Waals surface area contributed by atoms with Crippen LogP contribution in [0.3, 0.4) is 0 Å². The topological polar surface area (TPSA) is 82.2 Å². The summed E-state index contributed by atoms with van der Waals surface area (Å²) in [5, 5.41) is 12.5. The summed E-state index contributed by atoms with van der Waals surface area (Å²) in [4.78, 5) is 27.2. The van der Waals surface area contributed by atoms with E-state index in [0.29, 0.717) is 16.6 Å². The van der Waals surface area contributed by atoms with Gasteiger partial charge in [0.1, 0.15) is 5.75 Å². The number of nitrogens with one attached hydrogen (secondary N) is 2. The third-order valence-electron chi connectivity index (χ3n) is 3.14. The van der Waals surface area contributed by atoms with E-state index in [4.69, 9.17) is 0 Å². The third kappa shape index (κ3) is 2.49. The molecule has 3 aromatic rings. The first-order valence-electron chi connectivity index (χ1n) is 6.36. The summed E-state index contributed by atoms with van der Waals surface area (Å²) in [6.07, 6.45) is 1.52. The SMILES string of the molecule is O=C(Nc1cccc(O)c1)C(=O)c1c[nH]c2ccccc12. The minimum atomic E-state index is -0.745. The predicted octanol–water partition coefficient (Wildman–Crippen LogP) is 2.69. The second-order valence-corrected chi connectivity index (χ2v) is 4.58. The average Bonchev–Trinajstić information content (AvgIpc) is 2.90. The molecular weight excluding hydrogens is 268 g/mol. The fourth-order valence-corrected chi connectivity index (χ4v) is 2.15. The van der Waals surface area contributed by atoms with Crippen LogP contribution in [0.5, 0.6) is 5.75 Å². The Kier molecular flexibility index (Phi) is 3.16. The highest BCUT2D eigenvalue weighted by atomic mass is 16.3. The Hall–Kier alpha value is -3.08. The van der Waals surface area contributed by atoms with Gasteiger partial charge in [-0.2, -0.15) is 0 Å². The number of hydrogen-bond donors (Lipinski definition) is 3. The summed E-state index contributed by atoms with van der Waals surface area (Å²) in [7, 11) is 0. The van der Waals surface area contributed by atoms with E-state index in [1.54, 1.807) is 24.3 Å². The molecule has 5 heteroatoms. The quantitative estimate of drug-likeness (QED) is 0.509. The number of aromatic hydroxyl groups is 1. The maximum absolute atomic E-state index is 12.2. The normalized spacial score (nSPS) is 10.5. The molecule has 2 aromatic carbocycles. The number of hydrogen-bond acceptors (Lipinski definition) is 3. The number of benzene rings is 2. The average molecular weight is 280 g/mol. The first-order valence-corrected chi connectivity index (χ1v) is 6.36. The number of Topliss-reactive ketones (excluding diaryl/α,β-unsaturated/α-hetero) is 1. The van der Waals surface area contributed by atoms with Gasteiger partial charge in [0.05, 0.1) is 5.56 Å². The van der Waals surface area contributed by atoms with Gasteiger partial charge in [-0.15, -0.1) is 0 Å². The van der Waals surface area contributed by atoms with E-state index in [2.05, 4.69) is 10.3 Å². The molecule has 3 rings (SSSR count). The van der Waals surface area contributed by atoms with E-state index in [9.17, 15) is 14.7 Å². The molecular formula is C16H12N2O3. The fourth-order valence-electron chi connectivity index (χ4n) is 2.15. The lowest BCUT2D eigenvalue weighted by molar-refractivity contribution is -0.112. The Balaban J connectivity index is 1.86. The lowest BCUT2D eigenvalue weighted by Crippen LogP contribution is -2.22. The molecule has 0 aliphatic heterocycles. The molecule has 0 aliphatic rings. The zero-order valence-corrected chi connectivity index (χ0v) is 11.0. The van der Waals surface area contributed by atoms with Crippen molar-refractivity contribution in [2.75, 3.05) is 5.32 Å². The van der Waals surface area contributed by atoms with E-state index in [1.165, 1.54) is 18.3 Å². The number of rotatable bonds is 3. The van der Waals surface area contributed by atoms with E-state index in [1.807, 2.05) is 12.1 Å². The Bertz CT molecular complexity index is 836. The van der Waals surface area contributed by atoms with Gasteiger partial charge in [0.25, 0.3) is 11.7 Å². The zero-order valence-electron chi connectivity index (χ0n) is 11.0. The third-order valence-corrected chi connectivity index (χ3v) is 3.14.